The fraction of sp³-hybridized carbons (Fsp3) is 0.333. The van der Waals surface area contributed by atoms with Crippen LogP contribution in [0.5, 0.6) is 0 Å². The third-order valence-corrected chi connectivity index (χ3v) is 2.05. The average molecular weight is 161 g/mol. The summed E-state index contributed by atoms with van der Waals surface area (Å²) in [5, 5.41) is 0. The van der Waals surface area contributed by atoms with Gasteiger partial charge in [0.1, 0.15) is 5.82 Å². The quantitative estimate of drug-likeness (QED) is 0.588. The molecular weight excluding hydrogens is 150 g/mol. The molecule has 0 saturated carbocycles. The SMILES string of the molecule is Cc1nc(C)n2c(C)ccnc12. The lowest BCUT2D eigenvalue weighted by Gasteiger charge is -1.99. The Bertz CT molecular complexity index is 429. The van der Waals surface area contributed by atoms with Gasteiger partial charge < -0.3 is 0 Å². The number of nitrogens with zero attached hydrogens (tertiary/aromatic N) is 3. The van der Waals surface area contributed by atoms with E-state index < -0.39 is 0 Å². The number of aryl methyl sites for hydroxylation is 3. The first-order chi connectivity index (χ1) is 5.70. The van der Waals surface area contributed by atoms with E-state index in [1.165, 1.54) is 5.69 Å². The Morgan fingerprint density at radius 2 is 2.00 bits per heavy atom. The van der Waals surface area contributed by atoms with Crippen LogP contribution in [-0.4, -0.2) is 14.4 Å². The zero-order valence-corrected chi connectivity index (χ0v) is 7.50. The van der Waals surface area contributed by atoms with Crippen LogP contribution in [0.3, 0.4) is 0 Å². The molecule has 0 spiro atoms. The molecule has 3 heteroatoms. The average Bonchev–Trinajstić information content (AvgIpc) is 2.29. The minimum absolute atomic E-state index is 0.965. The minimum atomic E-state index is 0.965. The number of hydrogen-bond acceptors (Lipinski definition) is 2. The van der Waals surface area contributed by atoms with Crippen molar-refractivity contribution in [3.8, 4) is 0 Å². The molecule has 0 bridgehead atoms. The van der Waals surface area contributed by atoms with Crippen molar-refractivity contribution in [1.82, 2.24) is 14.4 Å². The molecule has 0 unspecified atom stereocenters. The van der Waals surface area contributed by atoms with E-state index in [2.05, 4.69) is 21.3 Å². The van der Waals surface area contributed by atoms with Crippen LogP contribution in [0.1, 0.15) is 17.2 Å². The Morgan fingerprint density at radius 3 is 2.67 bits per heavy atom. The molecule has 0 aliphatic rings. The van der Waals surface area contributed by atoms with Gasteiger partial charge in [-0.3, -0.25) is 4.40 Å². The van der Waals surface area contributed by atoms with Crippen molar-refractivity contribution >= 4 is 5.65 Å². The summed E-state index contributed by atoms with van der Waals surface area (Å²) in [4.78, 5) is 8.61. The topological polar surface area (TPSA) is 30.2 Å². The molecule has 2 heterocycles. The predicted molar refractivity (Wildman–Crippen MR) is 47.2 cm³/mol. The van der Waals surface area contributed by atoms with Crippen LogP contribution in [0.25, 0.3) is 5.65 Å². The molecule has 0 aliphatic carbocycles. The number of rotatable bonds is 0. The molecule has 0 aliphatic heterocycles. The van der Waals surface area contributed by atoms with Crippen molar-refractivity contribution in [2.45, 2.75) is 20.8 Å². The second kappa shape index (κ2) is 2.30. The van der Waals surface area contributed by atoms with Crippen LogP contribution in [0.4, 0.5) is 0 Å². The van der Waals surface area contributed by atoms with Gasteiger partial charge in [0, 0.05) is 11.9 Å². The maximum Gasteiger partial charge on any atom is 0.159 e. The molecule has 0 aromatic carbocycles. The molecule has 0 saturated heterocycles. The molecule has 0 N–H and O–H groups in total. The van der Waals surface area contributed by atoms with Crippen LogP contribution in [0.15, 0.2) is 12.3 Å². The van der Waals surface area contributed by atoms with E-state index in [-0.39, 0.29) is 0 Å². The number of imidazole rings is 1. The third-order valence-electron chi connectivity index (χ3n) is 2.05. The van der Waals surface area contributed by atoms with Crippen molar-refractivity contribution in [2.75, 3.05) is 0 Å². The molecule has 0 fully saturated rings. The summed E-state index contributed by atoms with van der Waals surface area (Å²) in [7, 11) is 0. The zero-order valence-electron chi connectivity index (χ0n) is 7.50. The molecule has 2 rings (SSSR count). The van der Waals surface area contributed by atoms with Gasteiger partial charge >= 0.3 is 0 Å². The van der Waals surface area contributed by atoms with E-state index in [1.807, 2.05) is 26.1 Å². The van der Waals surface area contributed by atoms with Crippen molar-refractivity contribution in [3.05, 3.63) is 29.5 Å². The molecule has 2 aromatic rings. The van der Waals surface area contributed by atoms with E-state index in [1.54, 1.807) is 0 Å². The highest BCUT2D eigenvalue weighted by molar-refractivity contribution is 5.45. The summed E-state index contributed by atoms with van der Waals surface area (Å²) < 4.78 is 2.06. The summed E-state index contributed by atoms with van der Waals surface area (Å²) in [6.45, 7) is 6.03. The third kappa shape index (κ3) is 0.826. The van der Waals surface area contributed by atoms with E-state index in [4.69, 9.17) is 0 Å². The second-order valence-electron chi connectivity index (χ2n) is 2.99. The highest BCUT2D eigenvalue weighted by atomic mass is 15.1. The van der Waals surface area contributed by atoms with Crippen LogP contribution in [0, 0.1) is 20.8 Å². The lowest BCUT2D eigenvalue weighted by Crippen LogP contribution is -1.94. The highest BCUT2D eigenvalue weighted by Gasteiger charge is 2.05. The van der Waals surface area contributed by atoms with Gasteiger partial charge in [-0.2, -0.15) is 0 Å². The smallest absolute Gasteiger partial charge is 0.159 e. The Kier molecular flexibility index (Phi) is 1.40. The van der Waals surface area contributed by atoms with Gasteiger partial charge in [-0.1, -0.05) is 0 Å². The van der Waals surface area contributed by atoms with E-state index >= 15 is 0 Å². The Labute approximate surface area is 71.1 Å². The fourth-order valence-corrected chi connectivity index (χ4v) is 1.52. The molecule has 62 valence electrons. The maximum atomic E-state index is 4.35. The van der Waals surface area contributed by atoms with Crippen molar-refractivity contribution < 1.29 is 0 Å². The summed E-state index contributed by atoms with van der Waals surface area (Å²) in [6.07, 6.45) is 1.82. The first kappa shape index (κ1) is 7.28. The van der Waals surface area contributed by atoms with Gasteiger partial charge in [0.2, 0.25) is 0 Å². The van der Waals surface area contributed by atoms with Gasteiger partial charge in [0.15, 0.2) is 5.65 Å². The van der Waals surface area contributed by atoms with Crippen LogP contribution in [-0.2, 0) is 0 Å². The standard InChI is InChI=1S/C9H11N3/c1-6-4-5-10-9-7(2)11-8(3)12(6)9/h4-5H,1-3H3. The van der Waals surface area contributed by atoms with Crippen molar-refractivity contribution in [1.29, 1.82) is 0 Å². The van der Waals surface area contributed by atoms with Crippen LogP contribution < -0.4 is 0 Å². The zero-order chi connectivity index (χ0) is 8.72. The maximum absolute atomic E-state index is 4.35. The second-order valence-corrected chi connectivity index (χ2v) is 2.99. The highest BCUT2D eigenvalue weighted by Crippen LogP contribution is 2.10. The van der Waals surface area contributed by atoms with E-state index in [0.717, 1.165) is 17.2 Å². The van der Waals surface area contributed by atoms with Crippen molar-refractivity contribution in [2.24, 2.45) is 0 Å². The van der Waals surface area contributed by atoms with E-state index in [0.29, 0.717) is 0 Å². The lowest BCUT2D eigenvalue weighted by molar-refractivity contribution is 0.974. The van der Waals surface area contributed by atoms with Gasteiger partial charge in [-0.05, 0) is 26.8 Å². The number of fused-ring (bicyclic) bond motifs is 1. The summed E-state index contributed by atoms with van der Waals surface area (Å²) in [5.74, 6) is 1.01. The first-order valence-electron chi connectivity index (χ1n) is 3.97. The fourth-order valence-electron chi connectivity index (χ4n) is 1.52. The molecular formula is C9H11N3. The first-order valence-corrected chi connectivity index (χ1v) is 3.97. The van der Waals surface area contributed by atoms with Gasteiger partial charge in [0.05, 0.1) is 5.69 Å². The molecule has 2 aromatic heterocycles. The van der Waals surface area contributed by atoms with Crippen molar-refractivity contribution in [3.63, 3.8) is 0 Å². The molecule has 0 amide bonds. The monoisotopic (exact) mass is 161 g/mol. The minimum Gasteiger partial charge on any atom is -0.285 e. The Hall–Kier alpha value is -1.38. The number of hydrogen-bond donors (Lipinski definition) is 0. The van der Waals surface area contributed by atoms with Gasteiger partial charge in [-0.15, -0.1) is 0 Å². The summed E-state index contributed by atoms with van der Waals surface area (Å²) >= 11 is 0. The van der Waals surface area contributed by atoms with Gasteiger partial charge in [0.25, 0.3) is 0 Å². The Balaban J connectivity index is 2.99. The molecule has 12 heavy (non-hydrogen) atoms. The van der Waals surface area contributed by atoms with Crippen LogP contribution in [0.2, 0.25) is 0 Å². The molecule has 3 nitrogen and oxygen atoms in total. The van der Waals surface area contributed by atoms with Crippen LogP contribution >= 0.6 is 0 Å². The van der Waals surface area contributed by atoms with E-state index in [9.17, 15) is 0 Å². The largest absolute Gasteiger partial charge is 0.285 e. The Morgan fingerprint density at radius 1 is 1.25 bits per heavy atom. The number of aromatic nitrogens is 3. The summed E-state index contributed by atoms with van der Waals surface area (Å²) in [5.41, 5.74) is 3.14. The summed E-state index contributed by atoms with van der Waals surface area (Å²) in [6, 6.07) is 1.99. The molecule has 0 radical (unpaired) electrons. The van der Waals surface area contributed by atoms with Gasteiger partial charge in [-0.25, -0.2) is 9.97 Å². The predicted octanol–water partition coefficient (Wildman–Crippen LogP) is 1.65. The molecule has 0 atom stereocenters. The lowest BCUT2D eigenvalue weighted by atomic mass is 10.4. The normalized spacial score (nSPS) is 10.9.